The molecule has 0 spiro atoms. The van der Waals surface area contributed by atoms with E-state index >= 15 is 4.79 Å². The first kappa shape index (κ1) is 112. The zero-order valence-corrected chi connectivity index (χ0v) is 76.7. The van der Waals surface area contributed by atoms with Gasteiger partial charge in [-0.1, -0.05) is 388 Å². The van der Waals surface area contributed by atoms with Gasteiger partial charge in [0.15, 0.2) is 12.4 Å². The average Bonchev–Trinajstić information content (AvgIpc) is 0.777. The zero-order valence-electron chi connectivity index (χ0n) is 75.8. The maximum absolute atomic E-state index is 15.0. The van der Waals surface area contributed by atoms with E-state index in [4.69, 9.17) is 32.9 Å². The Labute approximate surface area is 713 Å². The molecule has 22 heteroatoms. The minimum atomic E-state index is -5.56. The van der Waals surface area contributed by atoms with Crippen molar-refractivity contribution in [2.24, 2.45) is 5.41 Å². The number of hydrogen-bond acceptors (Lipinski definition) is 17. The third kappa shape index (κ3) is 65.1. The Balaban J connectivity index is 3.84. The molecule has 1 saturated heterocycles. The fourth-order valence-corrected chi connectivity index (χ4v) is 16.5. The van der Waals surface area contributed by atoms with Crippen LogP contribution in [0.25, 0.3) is 0 Å². The number of carbonyl (C=O) groups excluding carboxylic acids is 6. The number of carbonyl (C=O) groups is 6. The van der Waals surface area contributed by atoms with Crippen LogP contribution < -0.4 is 10.6 Å². The van der Waals surface area contributed by atoms with Crippen LogP contribution in [-0.4, -0.2) is 143 Å². The number of phosphoric ester groups is 1. The van der Waals surface area contributed by atoms with Crippen molar-refractivity contribution in [1.29, 1.82) is 0 Å². The fourth-order valence-electron chi connectivity index (χ4n) is 15.9. The molecule has 1 fully saturated rings. The van der Waals surface area contributed by atoms with Crippen molar-refractivity contribution in [2.75, 3.05) is 33.0 Å². The van der Waals surface area contributed by atoms with E-state index in [1.807, 2.05) is 0 Å². The van der Waals surface area contributed by atoms with Crippen molar-refractivity contribution in [3.05, 3.63) is 0 Å². The van der Waals surface area contributed by atoms with E-state index in [9.17, 15) is 53.6 Å². The number of amides is 2. The van der Waals surface area contributed by atoms with Crippen LogP contribution in [0.1, 0.15) is 485 Å². The smallest absolute Gasteiger partial charge is 0.462 e. The Kier molecular flexibility index (Phi) is 75.2. The lowest BCUT2D eigenvalue weighted by Gasteiger charge is -2.46. The summed E-state index contributed by atoms with van der Waals surface area (Å²) in [5, 5.41) is 39.3. The van der Waals surface area contributed by atoms with Crippen LogP contribution in [0.5, 0.6) is 0 Å². The van der Waals surface area contributed by atoms with Crippen molar-refractivity contribution < 1.29 is 91.4 Å². The highest BCUT2D eigenvalue weighted by molar-refractivity contribution is 7.46. The van der Waals surface area contributed by atoms with Crippen molar-refractivity contribution >= 4 is 43.5 Å². The molecule has 0 radical (unpaired) electrons. The predicted octanol–water partition coefficient (Wildman–Crippen LogP) is 23.5. The summed E-state index contributed by atoms with van der Waals surface area (Å²) in [5.74, 6) is -3.55. The Morgan fingerprint density at radius 2 is 0.632 bits per heavy atom. The van der Waals surface area contributed by atoms with Crippen LogP contribution in [0.4, 0.5) is 0 Å². The van der Waals surface area contributed by atoms with Gasteiger partial charge in [0.2, 0.25) is 11.8 Å². The van der Waals surface area contributed by atoms with Gasteiger partial charge >= 0.3 is 31.7 Å². The molecule has 1 aliphatic rings. The zero-order chi connectivity index (χ0) is 85.8. The quantitative estimate of drug-likeness (QED) is 0.0129. The second-order valence-electron chi connectivity index (χ2n) is 34.9. The predicted molar refractivity (Wildman–Crippen MR) is 472 cm³/mol. The maximum atomic E-state index is 15.0. The first-order chi connectivity index (χ1) is 56.9. The van der Waals surface area contributed by atoms with Crippen LogP contribution in [0.2, 0.25) is 0 Å². The SMILES string of the molecule is CCCCCCCCCCCCCC(=O)O[C@H](CCCCCCCCCCC)CC(=O)NCC(CO)(CO)CO[C@H]1OC(CO)[C@@H](OP(=O)(O)O)C(OC(=O)C[C@@H](CCCCCCCCCCC)OC(=O)CCCCCCCCCCCCC)[C@@H]1NC(=O)C[C@@H](CCCCCCCCCCC)OC(=O)CCCCCCCCCCCCC. The lowest BCUT2D eigenvalue weighted by molar-refractivity contribution is -0.278. The van der Waals surface area contributed by atoms with Crippen molar-refractivity contribution in [2.45, 2.75) is 534 Å². The first-order valence-electron chi connectivity index (χ1n) is 49.0. The van der Waals surface area contributed by atoms with Crippen LogP contribution in [0, 0.1) is 5.41 Å². The van der Waals surface area contributed by atoms with Gasteiger partial charge in [-0.05, 0) is 57.8 Å². The van der Waals surface area contributed by atoms with Gasteiger partial charge in [0.1, 0.15) is 36.6 Å². The molecule has 0 bridgehead atoms. The number of hydrogen-bond donors (Lipinski definition) is 7. The minimum Gasteiger partial charge on any atom is -0.462 e. The molecule has 7 N–H and O–H groups in total. The topological polar surface area (TPSA) is 309 Å². The summed E-state index contributed by atoms with van der Waals surface area (Å²) in [6.45, 7) is 9.69. The highest BCUT2D eigenvalue weighted by Gasteiger charge is 2.53. The second-order valence-corrected chi connectivity index (χ2v) is 36.1. The van der Waals surface area contributed by atoms with Gasteiger partial charge in [0, 0.05) is 25.8 Å². The van der Waals surface area contributed by atoms with E-state index in [2.05, 4.69) is 52.2 Å². The van der Waals surface area contributed by atoms with E-state index in [0.29, 0.717) is 51.4 Å². The van der Waals surface area contributed by atoms with Gasteiger partial charge in [-0.2, -0.15) is 0 Å². The number of aliphatic hydroxyl groups excluding tert-OH is 3. The van der Waals surface area contributed by atoms with E-state index < -0.39 is 131 Å². The van der Waals surface area contributed by atoms with Crippen LogP contribution >= 0.6 is 7.82 Å². The molecule has 1 aliphatic heterocycles. The Hall–Kier alpha value is -3.27. The number of nitrogens with one attached hydrogen (secondary N) is 2. The Morgan fingerprint density at radius 1 is 0.359 bits per heavy atom. The molecule has 0 saturated carbocycles. The van der Waals surface area contributed by atoms with E-state index in [-0.39, 0.29) is 38.2 Å². The van der Waals surface area contributed by atoms with E-state index in [1.165, 1.54) is 173 Å². The number of ether oxygens (including phenoxy) is 6. The van der Waals surface area contributed by atoms with Crippen molar-refractivity contribution in [3.63, 3.8) is 0 Å². The molecule has 2 unspecified atom stereocenters. The standard InChI is InChI=1S/C95H181N2O19P/c1-7-13-19-25-31-37-40-46-52-58-64-70-87(103)111-81(67-61-55-49-43-34-28-22-16-10-4)73-85(101)96-77-95(78-99,79-100)80-110-94-91(97-86(102)74-82(68-62-56-50-44-35-29-23-17-11-5)112-88(104)71-65-59-53-47-41-38-32-26-20-14-8-2)93(92(84(76-98)114-94)116-117(107,108)109)115-90(106)75-83(69-63-57-51-45-36-30-24-18-12-6)113-89(105)72-66-60-54-48-42-39-33-27-21-15-9-3/h81-84,91-94,98-100H,7-80H2,1-6H3,(H,96,101)(H,97,102)(H2,107,108,109)/t81-,82-,83-,84?,91+,92-,93?,94+/m1/s1. The molecule has 690 valence electrons. The highest BCUT2D eigenvalue weighted by Crippen LogP contribution is 2.43. The molecular weight excluding hydrogens is 1500 g/mol. The Bertz CT molecular complexity index is 2380. The van der Waals surface area contributed by atoms with Gasteiger partial charge in [-0.3, -0.25) is 33.3 Å². The van der Waals surface area contributed by atoms with Gasteiger partial charge in [-0.25, -0.2) is 4.57 Å². The van der Waals surface area contributed by atoms with Gasteiger partial charge in [0.05, 0.1) is 51.1 Å². The van der Waals surface area contributed by atoms with Gasteiger partial charge in [0.25, 0.3) is 0 Å². The average molecular weight is 1690 g/mol. The summed E-state index contributed by atoms with van der Waals surface area (Å²) < 4.78 is 56.0. The number of rotatable bonds is 87. The lowest BCUT2D eigenvalue weighted by Crippen LogP contribution is -2.67. The number of phosphoric acid groups is 1. The molecule has 0 aromatic carbocycles. The normalized spacial score (nSPS) is 16.6. The molecule has 2 amide bonds. The van der Waals surface area contributed by atoms with Crippen LogP contribution in [0.15, 0.2) is 0 Å². The fraction of sp³-hybridized carbons (Fsp3) is 0.937. The number of esters is 4. The highest BCUT2D eigenvalue weighted by atomic mass is 31.2. The summed E-state index contributed by atoms with van der Waals surface area (Å²) in [4.78, 5) is 106. The van der Waals surface area contributed by atoms with Crippen LogP contribution in [0.3, 0.4) is 0 Å². The van der Waals surface area contributed by atoms with E-state index in [1.54, 1.807) is 0 Å². The maximum Gasteiger partial charge on any atom is 0.470 e. The molecule has 0 aromatic heterocycles. The van der Waals surface area contributed by atoms with E-state index in [0.717, 1.165) is 180 Å². The molecule has 0 aromatic rings. The molecule has 8 atom stereocenters. The molecule has 1 rings (SSSR count). The van der Waals surface area contributed by atoms with Crippen molar-refractivity contribution in [3.8, 4) is 0 Å². The monoisotopic (exact) mass is 1690 g/mol. The largest absolute Gasteiger partial charge is 0.470 e. The molecular formula is C95H181N2O19P. The molecule has 1 heterocycles. The minimum absolute atomic E-state index is 0.139. The number of aliphatic hydroxyl groups is 3. The molecule has 117 heavy (non-hydrogen) atoms. The van der Waals surface area contributed by atoms with Gasteiger partial charge < -0.3 is 64.2 Å². The second kappa shape index (κ2) is 78.7. The first-order valence-corrected chi connectivity index (χ1v) is 50.6. The van der Waals surface area contributed by atoms with Gasteiger partial charge in [-0.15, -0.1) is 0 Å². The summed E-state index contributed by atoms with van der Waals surface area (Å²) in [6.07, 6.45) is 55.4. The third-order valence-electron chi connectivity index (χ3n) is 23.5. The Morgan fingerprint density at radius 3 is 0.915 bits per heavy atom. The van der Waals surface area contributed by atoms with Crippen molar-refractivity contribution in [1.82, 2.24) is 10.6 Å². The summed E-state index contributed by atoms with van der Waals surface area (Å²) in [5.41, 5.74) is -1.69. The van der Waals surface area contributed by atoms with Crippen LogP contribution in [-0.2, 0) is 66.3 Å². The molecule has 21 nitrogen and oxygen atoms in total. The summed E-state index contributed by atoms with van der Waals surface area (Å²) in [7, 11) is -5.56. The third-order valence-corrected chi connectivity index (χ3v) is 24.0. The lowest BCUT2D eigenvalue weighted by atomic mass is 9.90. The molecule has 0 aliphatic carbocycles. The summed E-state index contributed by atoms with van der Waals surface area (Å²) in [6, 6.07) is -1.73. The number of unbranched alkanes of at least 4 members (excludes halogenated alkanes) is 54. The summed E-state index contributed by atoms with van der Waals surface area (Å²) >= 11 is 0.